The second-order valence-corrected chi connectivity index (χ2v) is 12.4. The first-order valence-electron chi connectivity index (χ1n) is 14.0. The van der Waals surface area contributed by atoms with E-state index in [2.05, 4.69) is 23.6 Å². The second kappa shape index (κ2) is 10.0. The lowest BCUT2D eigenvalue weighted by atomic mass is 9.68. The fourth-order valence-corrected chi connectivity index (χ4v) is 7.10. The minimum atomic E-state index is 0.491. The second-order valence-electron chi connectivity index (χ2n) is 12.4. The number of epoxide rings is 4. The maximum Gasteiger partial charge on any atom is 0.0936 e. The molecule has 6 fully saturated rings. The molecular weight excluding hydrogens is 416 g/mol. The van der Waals surface area contributed by atoms with E-state index in [0.717, 1.165) is 88.4 Å². The quantitative estimate of drug-likeness (QED) is 0.415. The molecule has 33 heavy (non-hydrogen) atoms. The predicted molar refractivity (Wildman–Crippen MR) is 127 cm³/mol. The first-order valence-corrected chi connectivity index (χ1v) is 14.0. The van der Waals surface area contributed by atoms with Crippen molar-refractivity contribution >= 4 is 0 Å². The van der Waals surface area contributed by atoms with Gasteiger partial charge in [-0.1, -0.05) is 13.8 Å². The zero-order chi connectivity index (χ0) is 22.4. The molecule has 4 aliphatic heterocycles. The zero-order valence-corrected chi connectivity index (χ0v) is 20.9. The van der Waals surface area contributed by atoms with Gasteiger partial charge in [-0.3, -0.25) is 9.80 Å². The van der Waals surface area contributed by atoms with Gasteiger partial charge in [0, 0.05) is 38.3 Å². The van der Waals surface area contributed by atoms with Gasteiger partial charge >= 0.3 is 0 Å². The van der Waals surface area contributed by atoms with E-state index in [1.807, 2.05) is 0 Å². The number of nitrogens with zero attached hydrogens (tertiary/aromatic N) is 2. The Morgan fingerprint density at radius 2 is 0.879 bits per heavy atom. The van der Waals surface area contributed by atoms with E-state index in [1.54, 1.807) is 0 Å². The molecule has 10 unspecified atom stereocenters. The molecule has 0 aromatic carbocycles. The van der Waals surface area contributed by atoms with Crippen LogP contribution in [0.25, 0.3) is 0 Å². The first kappa shape index (κ1) is 23.2. The van der Waals surface area contributed by atoms with Gasteiger partial charge in [0.1, 0.15) is 0 Å². The predicted octanol–water partition coefficient (Wildman–Crippen LogP) is 3.19. The normalized spacial score (nSPS) is 46.5. The standard InChI is InChI=1S/C27H46N2O4/c1-18-7-22(28(10-24-14-30-24)11-25-15-31-25)5-3-20(18)9-21-4-6-23(8-19(21)2)29(12-26-16-32-26)13-27-17-33-27/h18-27H,3-17H2,1-2H3. The summed E-state index contributed by atoms with van der Waals surface area (Å²) >= 11 is 0. The van der Waals surface area contributed by atoms with Crippen LogP contribution in [0.4, 0.5) is 0 Å². The fraction of sp³-hybridized carbons (Fsp3) is 1.00. The fourth-order valence-electron chi connectivity index (χ4n) is 7.10. The molecule has 6 rings (SSSR count). The molecule has 0 aromatic rings. The Morgan fingerprint density at radius 1 is 0.545 bits per heavy atom. The third-order valence-electron chi connectivity index (χ3n) is 9.64. The van der Waals surface area contributed by atoms with E-state index in [0.29, 0.717) is 24.4 Å². The summed E-state index contributed by atoms with van der Waals surface area (Å²) in [5, 5.41) is 0. The average Bonchev–Trinajstić information content (AvgIpc) is 3.59. The third-order valence-corrected chi connectivity index (χ3v) is 9.64. The molecule has 6 aliphatic rings. The molecule has 188 valence electrons. The molecule has 0 amide bonds. The lowest BCUT2D eigenvalue weighted by Crippen LogP contribution is -2.46. The SMILES string of the molecule is CC1CC(N(CC2CO2)CC2CO2)CCC1CC1CCC(N(CC2CO2)CC2CO2)CC1C. The number of hydrogen-bond acceptors (Lipinski definition) is 6. The Hall–Kier alpha value is -0.240. The smallest absolute Gasteiger partial charge is 0.0936 e. The van der Waals surface area contributed by atoms with Crippen molar-refractivity contribution in [2.45, 2.75) is 95.3 Å². The van der Waals surface area contributed by atoms with Crippen LogP contribution in [-0.4, -0.2) is 98.9 Å². The van der Waals surface area contributed by atoms with Crippen molar-refractivity contribution in [2.24, 2.45) is 23.7 Å². The molecule has 0 bridgehead atoms. The van der Waals surface area contributed by atoms with Crippen molar-refractivity contribution < 1.29 is 18.9 Å². The van der Waals surface area contributed by atoms with Gasteiger partial charge in [0.15, 0.2) is 0 Å². The van der Waals surface area contributed by atoms with Crippen LogP contribution in [0.1, 0.15) is 58.8 Å². The zero-order valence-electron chi connectivity index (χ0n) is 20.9. The van der Waals surface area contributed by atoms with Gasteiger partial charge in [-0.2, -0.15) is 0 Å². The Bertz CT molecular complexity index is 566. The summed E-state index contributed by atoms with van der Waals surface area (Å²) < 4.78 is 22.3. The van der Waals surface area contributed by atoms with Crippen LogP contribution < -0.4 is 0 Å². The number of ether oxygens (including phenoxy) is 4. The van der Waals surface area contributed by atoms with E-state index < -0.39 is 0 Å². The minimum Gasteiger partial charge on any atom is -0.372 e. The van der Waals surface area contributed by atoms with Crippen LogP contribution in [0.2, 0.25) is 0 Å². The summed E-state index contributed by atoms with van der Waals surface area (Å²) in [5.41, 5.74) is 0. The molecule has 2 aliphatic carbocycles. The summed E-state index contributed by atoms with van der Waals surface area (Å²) in [7, 11) is 0. The Balaban J connectivity index is 0.981. The van der Waals surface area contributed by atoms with Crippen LogP contribution in [0.15, 0.2) is 0 Å². The lowest BCUT2D eigenvalue weighted by Gasteiger charge is -2.44. The van der Waals surface area contributed by atoms with Crippen LogP contribution in [0, 0.1) is 23.7 Å². The number of hydrogen-bond donors (Lipinski definition) is 0. The van der Waals surface area contributed by atoms with Crippen molar-refractivity contribution in [3.05, 3.63) is 0 Å². The van der Waals surface area contributed by atoms with Crippen molar-refractivity contribution in [1.29, 1.82) is 0 Å². The molecular formula is C27H46N2O4. The molecule has 6 heteroatoms. The van der Waals surface area contributed by atoms with Gasteiger partial charge in [0.2, 0.25) is 0 Å². The monoisotopic (exact) mass is 462 g/mol. The molecule has 6 nitrogen and oxygen atoms in total. The molecule has 4 heterocycles. The Morgan fingerprint density at radius 3 is 1.15 bits per heavy atom. The largest absolute Gasteiger partial charge is 0.372 e. The van der Waals surface area contributed by atoms with Gasteiger partial charge in [-0.05, 0) is 68.6 Å². The highest BCUT2D eigenvalue weighted by Crippen LogP contribution is 2.43. The molecule has 2 saturated carbocycles. The average molecular weight is 463 g/mol. The van der Waals surface area contributed by atoms with Crippen LogP contribution in [0.5, 0.6) is 0 Å². The van der Waals surface area contributed by atoms with E-state index >= 15 is 0 Å². The van der Waals surface area contributed by atoms with Crippen LogP contribution >= 0.6 is 0 Å². The molecule has 0 N–H and O–H groups in total. The van der Waals surface area contributed by atoms with Gasteiger partial charge in [0.05, 0.1) is 50.8 Å². The highest BCUT2D eigenvalue weighted by Gasteiger charge is 2.40. The maximum atomic E-state index is 5.57. The van der Waals surface area contributed by atoms with E-state index in [4.69, 9.17) is 18.9 Å². The summed E-state index contributed by atoms with van der Waals surface area (Å²) in [4.78, 5) is 5.44. The van der Waals surface area contributed by atoms with E-state index in [9.17, 15) is 0 Å². The Kier molecular flexibility index (Phi) is 7.04. The summed E-state index contributed by atoms with van der Waals surface area (Å²) in [5.74, 6) is 3.51. The van der Waals surface area contributed by atoms with E-state index in [-0.39, 0.29) is 0 Å². The van der Waals surface area contributed by atoms with Gasteiger partial charge < -0.3 is 18.9 Å². The molecule has 0 spiro atoms. The topological polar surface area (TPSA) is 56.6 Å². The lowest BCUT2D eigenvalue weighted by molar-refractivity contribution is 0.0536. The van der Waals surface area contributed by atoms with E-state index in [1.165, 1.54) is 44.9 Å². The highest BCUT2D eigenvalue weighted by molar-refractivity contribution is 4.93. The van der Waals surface area contributed by atoms with Crippen molar-refractivity contribution in [1.82, 2.24) is 9.80 Å². The molecule has 0 aromatic heterocycles. The maximum absolute atomic E-state index is 5.57. The van der Waals surface area contributed by atoms with Crippen molar-refractivity contribution in [3.63, 3.8) is 0 Å². The van der Waals surface area contributed by atoms with Crippen LogP contribution in [0.3, 0.4) is 0 Å². The summed E-state index contributed by atoms with van der Waals surface area (Å²) in [6, 6.07) is 1.47. The van der Waals surface area contributed by atoms with Gasteiger partial charge in [-0.15, -0.1) is 0 Å². The first-order chi connectivity index (χ1) is 16.1. The van der Waals surface area contributed by atoms with Gasteiger partial charge in [0.25, 0.3) is 0 Å². The highest BCUT2D eigenvalue weighted by atomic mass is 16.6. The summed E-state index contributed by atoms with van der Waals surface area (Å²) in [6.45, 7) is 13.4. The third kappa shape index (κ3) is 6.50. The Labute approximate surface area is 200 Å². The summed E-state index contributed by atoms with van der Waals surface area (Å²) in [6.07, 6.45) is 11.7. The van der Waals surface area contributed by atoms with Crippen molar-refractivity contribution in [3.8, 4) is 0 Å². The molecule has 10 atom stereocenters. The molecule has 4 saturated heterocycles. The molecule has 0 radical (unpaired) electrons. The minimum absolute atomic E-state index is 0.491. The number of rotatable bonds is 12. The van der Waals surface area contributed by atoms with Gasteiger partial charge in [-0.25, -0.2) is 0 Å². The van der Waals surface area contributed by atoms with Crippen LogP contribution in [-0.2, 0) is 18.9 Å². The van der Waals surface area contributed by atoms with Crippen molar-refractivity contribution in [2.75, 3.05) is 52.6 Å².